The van der Waals surface area contributed by atoms with E-state index in [1.807, 2.05) is 72.6 Å². The predicted octanol–water partition coefficient (Wildman–Crippen LogP) is 2.61. The maximum atomic E-state index is 11.7. The predicted molar refractivity (Wildman–Crippen MR) is 87.6 cm³/mol. The topological polar surface area (TPSA) is 55.6 Å². The number of primary amides is 1. The van der Waals surface area contributed by atoms with Crippen LogP contribution in [0.3, 0.4) is 0 Å². The van der Waals surface area contributed by atoms with Crippen molar-refractivity contribution >= 4 is 5.91 Å². The lowest BCUT2D eigenvalue weighted by molar-refractivity contribution is -0.123. The minimum absolute atomic E-state index is 0.335. The lowest BCUT2D eigenvalue weighted by atomic mass is 10.1. The molecule has 2 rings (SSSR count). The summed E-state index contributed by atoms with van der Waals surface area (Å²) in [7, 11) is 1.91. The molecule has 0 fully saturated rings. The Balaban J connectivity index is 1.84. The number of hydrogen-bond acceptors (Lipinski definition) is 3. The number of rotatable bonds is 8. The van der Waals surface area contributed by atoms with Crippen molar-refractivity contribution in [2.75, 3.05) is 20.2 Å². The summed E-state index contributed by atoms with van der Waals surface area (Å²) in [5.41, 5.74) is 6.47. The minimum atomic E-state index is -0.405. The van der Waals surface area contributed by atoms with Crippen LogP contribution >= 0.6 is 0 Å². The summed E-state index contributed by atoms with van der Waals surface area (Å²) in [6.45, 7) is 1.34. The van der Waals surface area contributed by atoms with E-state index in [1.165, 1.54) is 0 Å². The first-order valence-electron chi connectivity index (χ1n) is 7.41. The molecule has 1 atom stereocenters. The maximum absolute atomic E-state index is 11.7. The average Bonchev–Trinajstić information content (AvgIpc) is 2.53. The van der Waals surface area contributed by atoms with Gasteiger partial charge in [0.25, 0.3) is 0 Å². The Hall–Kier alpha value is -2.33. The van der Waals surface area contributed by atoms with E-state index in [0.29, 0.717) is 6.61 Å². The van der Waals surface area contributed by atoms with Gasteiger partial charge in [-0.2, -0.15) is 0 Å². The Morgan fingerprint density at radius 3 is 2.27 bits per heavy atom. The number of likely N-dealkylation sites (N-methyl/N-ethyl adjacent to an activating group) is 1. The number of amides is 1. The number of nitrogens with two attached hydrogens (primary N) is 1. The van der Waals surface area contributed by atoms with Gasteiger partial charge in [0.15, 0.2) is 0 Å². The molecule has 0 aromatic heterocycles. The summed E-state index contributed by atoms with van der Waals surface area (Å²) in [6.07, 6.45) is 0.821. The molecule has 0 saturated carbocycles. The Morgan fingerprint density at radius 1 is 1.09 bits per heavy atom. The second-order valence-electron chi connectivity index (χ2n) is 5.21. The van der Waals surface area contributed by atoms with E-state index < -0.39 is 6.04 Å². The summed E-state index contributed by atoms with van der Waals surface area (Å²) in [4.78, 5) is 13.7. The third-order valence-electron chi connectivity index (χ3n) is 3.49. The highest BCUT2D eigenvalue weighted by Crippen LogP contribution is 2.19. The van der Waals surface area contributed by atoms with E-state index in [0.717, 1.165) is 24.3 Å². The number of benzene rings is 2. The van der Waals surface area contributed by atoms with Crippen LogP contribution in [0.1, 0.15) is 18.0 Å². The fourth-order valence-corrected chi connectivity index (χ4v) is 2.42. The molecule has 0 saturated heterocycles. The van der Waals surface area contributed by atoms with Crippen molar-refractivity contribution < 1.29 is 9.53 Å². The van der Waals surface area contributed by atoms with Crippen LogP contribution in [0.5, 0.6) is 5.75 Å². The number of para-hydroxylation sites is 1. The summed E-state index contributed by atoms with van der Waals surface area (Å²) in [6, 6.07) is 18.9. The highest BCUT2D eigenvalue weighted by molar-refractivity contribution is 5.81. The zero-order valence-corrected chi connectivity index (χ0v) is 12.8. The standard InChI is InChI=1S/C18H22N2O2/c1-20(13-8-14-22-16-11-6-3-7-12-16)17(18(19)21)15-9-4-2-5-10-15/h2-7,9-12,17H,8,13-14H2,1H3,(H2,19,21)/t17-/m1/s1. The molecule has 0 heterocycles. The fraction of sp³-hybridized carbons (Fsp3) is 0.278. The van der Waals surface area contributed by atoms with Crippen LogP contribution in [0, 0.1) is 0 Å². The van der Waals surface area contributed by atoms with Gasteiger partial charge in [-0.25, -0.2) is 0 Å². The quantitative estimate of drug-likeness (QED) is 0.762. The molecule has 22 heavy (non-hydrogen) atoms. The van der Waals surface area contributed by atoms with Gasteiger partial charge in [-0.15, -0.1) is 0 Å². The van der Waals surface area contributed by atoms with E-state index in [9.17, 15) is 4.79 Å². The van der Waals surface area contributed by atoms with Gasteiger partial charge in [0, 0.05) is 6.54 Å². The van der Waals surface area contributed by atoms with Gasteiger partial charge >= 0.3 is 0 Å². The van der Waals surface area contributed by atoms with Gasteiger partial charge < -0.3 is 10.5 Å². The molecule has 0 spiro atoms. The Morgan fingerprint density at radius 2 is 1.68 bits per heavy atom. The Bertz CT molecular complexity index is 572. The van der Waals surface area contributed by atoms with E-state index in [1.54, 1.807) is 0 Å². The zero-order chi connectivity index (χ0) is 15.8. The summed E-state index contributed by atoms with van der Waals surface area (Å²) < 4.78 is 5.66. The van der Waals surface area contributed by atoms with Gasteiger partial charge in [0.1, 0.15) is 11.8 Å². The number of carbonyl (C=O) groups excluding carboxylic acids is 1. The Labute approximate surface area is 131 Å². The molecule has 4 heteroatoms. The number of hydrogen-bond donors (Lipinski definition) is 1. The number of nitrogens with zero attached hydrogens (tertiary/aromatic N) is 1. The molecule has 0 aliphatic heterocycles. The SMILES string of the molecule is CN(CCCOc1ccccc1)[C@@H](C(N)=O)c1ccccc1. The lowest BCUT2D eigenvalue weighted by Gasteiger charge is -2.25. The van der Waals surface area contributed by atoms with E-state index in [2.05, 4.69) is 0 Å². The van der Waals surface area contributed by atoms with Crippen LogP contribution < -0.4 is 10.5 Å². The van der Waals surface area contributed by atoms with Gasteiger partial charge in [0.2, 0.25) is 5.91 Å². The first-order valence-corrected chi connectivity index (χ1v) is 7.41. The monoisotopic (exact) mass is 298 g/mol. The molecule has 0 aliphatic rings. The van der Waals surface area contributed by atoms with Crippen molar-refractivity contribution in [3.63, 3.8) is 0 Å². The highest BCUT2D eigenvalue weighted by Gasteiger charge is 2.22. The van der Waals surface area contributed by atoms with Crippen molar-refractivity contribution in [2.24, 2.45) is 5.73 Å². The van der Waals surface area contributed by atoms with E-state index >= 15 is 0 Å². The van der Waals surface area contributed by atoms with Crippen molar-refractivity contribution in [1.82, 2.24) is 4.90 Å². The second kappa shape index (κ2) is 8.20. The minimum Gasteiger partial charge on any atom is -0.494 e. The molecule has 0 aliphatic carbocycles. The largest absolute Gasteiger partial charge is 0.494 e. The Kier molecular flexibility index (Phi) is 5.98. The van der Waals surface area contributed by atoms with Gasteiger partial charge in [-0.05, 0) is 31.2 Å². The van der Waals surface area contributed by atoms with Gasteiger partial charge in [-0.3, -0.25) is 9.69 Å². The fourth-order valence-electron chi connectivity index (χ4n) is 2.42. The summed E-state index contributed by atoms with van der Waals surface area (Å²) >= 11 is 0. The molecule has 2 aromatic carbocycles. The smallest absolute Gasteiger partial charge is 0.239 e. The van der Waals surface area contributed by atoms with Crippen LogP contribution in [0.2, 0.25) is 0 Å². The number of carbonyl (C=O) groups is 1. The van der Waals surface area contributed by atoms with Crippen LogP contribution in [-0.2, 0) is 4.79 Å². The molecular weight excluding hydrogens is 276 g/mol. The highest BCUT2D eigenvalue weighted by atomic mass is 16.5. The molecular formula is C18H22N2O2. The van der Waals surface area contributed by atoms with Crippen molar-refractivity contribution in [1.29, 1.82) is 0 Å². The van der Waals surface area contributed by atoms with Gasteiger partial charge in [-0.1, -0.05) is 48.5 Å². The molecule has 4 nitrogen and oxygen atoms in total. The molecule has 1 amide bonds. The van der Waals surface area contributed by atoms with Crippen LogP contribution in [0.15, 0.2) is 60.7 Å². The van der Waals surface area contributed by atoms with Crippen molar-refractivity contribution in [2.45, 2.75) is 12.5 Å². The lowest BCUT2D eigenvalue weighted by Crippen LogP contribution is -2.36. The maximum Gasteiger partial charge on any atom is 0.239 e. The van der Waals surface area contributed by atoms with Crippen molar-refractivity contribution in [3.05, 3.63) is 66.2 Å². The summed E-state index contributed by atoms with van der Waals surface area (Å²) in [5, 5.41) is 0. The first kappa shape index (κ1) is 16.0. The van der Waals surface area contributed by atoms with Crippen LogP contribution in [0.25, 0.3) is 0 Å². The van der Waals surface area contributed by atoms with Gasteiger partial charge in [0.05, 0.1) is 6.61 Å². The zero-order valence-electron chi connectivity index (χ0n) is 12.8. The third-order valence-corrected chi connectivity index (χ3v) is 3.49. The molecule has 2 N–H and O–H groups in total. The van der Waals surface area contributed by atoms with E-state index in [-0.39, 0.29) is 5.91 Å². The van der Waals surface area contributed by atoms with Crippen molar-refractivity contribution in [3.8, 4) is 5.75 Å². The van der Waals surface area contributed by atoms with Crippen LogP contribution in [-0.4, -0.2) is 31.0 Å². The second-order valence-corrected chi connectivity index (χ2v) is 5.21. The summed E-state index contributed by atoms with van der Waals surface area (Å²) in [5.74, 6) is 0.525. The molecule has 116 valence electrons. The molecule has 0 bridgehead atoms. The molecule has 2 aromatic rings. The normalized spacial score (nSPS) is 12.1. The number of ether oxygens (including phenoxy) is 1. The average molecular weight is 298 g/mol. The molecule has 0 radical (unpaired) electrons. The molecule has 0 unspecified atom stereocenters. The van der Waals surface area contributed by atoms with Crippen LogP contribution in [0.4, 0.5) is 0 Å². The van der Waals surface area contributed by atoms with E-state index in [4.69, 9.17) is 10.5 Å². The third kappa shape index (κ3) is 4.60. The first-order chi connectivity index (χ1) is 10.7.